The summed E-state index contributed by atoms with van der Waals surface area (Å²) in [6.07, 6.45) is 4.81. The zero-order valence-corrected chi connectivity index (χ0v) is 16.8. The molecule has 152 valence electrons. The van der Waals surface area contributed by atoms with E-state index in [-0.39, 0.29) is 23.9 Å². The maximum atomic E-state index is 12.6. The fourth-order valence-corrected chi connectivity index (χ4v) is 4.47. The van der Waals surface area contributed by atoms with Crippen molar-refractivity contribution < 1.29 is 19.1 Å². The molecule has 3 aliphatic heterocycles. The summed E-state index contributed by atoms with van der Waals surface area (Å²) in [5.41, 5.74) is -0.463. The molecule has 0 unspecified atom stereocenters. The van der Waals surface area contributed by atoms with Crippen LogP contribution < -0.4 is 5.32 Å². The molecule has 0 aliphatic carbocycles. The number of ether oxygens (including phenoxy) is 1. The number of hydrogen-bond donors (Lipinski definition) is 1. The summed E-state index contributed by atoms with van der Waals surface area (Å²) in [4.78, 5) is 40.2. The van der Waals surface area contributed by atoms with Crippen LogP contribution in [0.4, 0.5) is 4.79 Å². The van der Waals surface area contributed by atoms with E-state index in [4.69, 9.17) is 4.74 Å². The molecule has 3 fully saturated rings. The maximum Gasteiger partial charge on any atom is 0.410 e. The first-order chi connectivity index (χ1) is 12.7. The van der Waals surface area contributed by atoms with Crippen molar-refractivity contribution in [3.63, 3.8) is 0 Å². The summed E-state index contributed by atoms with van der Waals surface area (Å²) in [7, 11) is 0. The normalized spacial score (nSPS) is 27.4. The molecule has 3 aliphatic rings. The third-order valence-corrected chi connectivity index (χ3v) is 5.92. The van der Waals surface area contributed by atoms with Crippen LogP contribution in [0.5, 0.6) is 0 Å². The van der Waals surface area contributed by atoms with Gasteiger partial charge < -0.3 is 19.9 Å². The summed E-state index contributed by atoms with van der Waals surface area (Å²) in [6.45, 7) is 8.68. The van der Waals surface area contributed by atoms with Gasteiger partial charge >= 0.3 is 6.09 Å². The van der Waals surface area contributed by atoms with E-state index in [1.165, 1.54) is 0 Å². The van der Waals surface area contributed by atoms with Gasteiger partial charge in [0.1, 0.15) is 11.6 Å². The molecule has 2 atom stereocenters. The lowest BCUT2D eigenvalue weighted by atomic mass is 9.83. The minimum absolute atomic E-state index is 0.0114. The smallest absolute Gasteiger partial charge is 0.410 e. The van der Waals surface area contributed by atoms with Gasteiger partial charge in [0.05, 0.1) is 0 Å². The quantitative estimate of drug-likeness (QED) is 0.797. The van der Waals surface area contributed by atoms with E-state index in [0.29, 0.717) is 18.3 Å². The third kappa shape index (κ3) is 5.14. The number of nitrogens with one attached hydrogen (secondary N) is 1. The molecule has 0 aromatic heterocycles. The minimum Gasteiger partial charge on any atom is -0.444 e. The Morgan fingerprint density at radius 3 is 2.26 bits per heavy atom. The molecule has 7 nitrogen and oxygen atoms in total. The number of rotatable bonds is 2. The highest BCUT2D eigenvalue weighted by Gasteiger charge is 2.37. The Kier molecular flexibility index (Phi) is 5.96. The molecule has 0 saturated carbocycles. The van der Waals surface area contributed by atoms with Gasteiger partial charge in [0.25, 0.3) is 0 Å². The van der Waals surface area contributed by atoms with Gasteiger partial charge in [0.2, 0.25) is 11.8 Å². The second kappa shape index (κ2) is 8.07. The van der Waals surface area contributed by atoms with E-state index in [0.717, 1.165) is 58.3 Å². The Hall–Kier alpha value is -1.79. The van der Waals surface area contributed by atoms with Crippen molar-refractivity contribution in [2.24, 2.45) is 11.8 Å². The number of hydrogen-bond acceptors (Lipinski definition) is 4. The van der Waals surface area contributed by atoms with Gasteiger partial charge in [0, 0.05) is 32.6 Å². The molecule has 0 aromatic carbocycles. The number of carbonyl (C=O) groups excluding carboxylic acids is 3. The van der Waals surface area contributed by atoms with Crippen molar-refractivity contribution >= 4 is 17.9 Å². The first-order valence-corrected chi connectivity index (χ1v) is 10.3. The van der Waals surface area contributed by atoms with Crippen LogP contribution >= 0.6 is 0 Å². The maximum absolute atomic E-state index is 12.6. The molecule has 27 heavy (non-hydrogen) atoms. The van der Waals surface area contributed by atoms with Crippen LogP contribution in [0.1, 0.15) is 59.3 Å². The predicted molar refractivity (Wildman–Crippen MR) is 101 cm³/mol. The molecule has 0 bridgehead atoms. The number of amides is 3. The van der Waals surface area contributed by atoms with Crippen LogP contribution in [0, 0.1) is 11.8 Å². The number of carbonyl (C=O) groups is 3. The number of piperidine rings is 2. The van der Waals surface area contributed by atoms with E-state index in [9.17, 15) is 14.4 Å². The summed E-state index contributed by atoms with van der Waals surface area (Å²) < 4.78 is 5.48. The highest BCUT2D eigenvalue weighted by molar-refractivity contribution is 5.88. The van der Waals surface area contributed by atoms with Crippen LogP contribution in [0.3, 0.4) is 0 Å². The lowest BCUT2D eigenvalue weighted by Crippen LogP contribution is -2.52. The van der Waals surface area contributed by atoms with Crippen molar-refractivity contribution in [3.05, 3.63) is 0 Å². The molecule has 7 heteroatoms. The second-order valence-corrected chi connectivity index (χ2v) is 9.15. The van der Waals surface area contributed by atoms with Gasteiger partial charge in [-0.1, -0.05) is 0 Å². The summed E-state index contributed by atoms with van der Waals surface area (Å²) in [5, 5.41) is 2.83. The molecule has 0 aromatic rings. The Balaban J connectivity index is 1.45. The first-order valence-electron chi connectivity index (χ1n) is 10.3. The van der Waals surface area contributed by atoms with E-state index in [1.54, 1.807) is 0 Å². The third-order valence-electron chi connectivity index (χ3n) is 5.92. The van der Waals surface area contributed by atoms with E-state index >= 15 is 0 Å². The van der Waals surface area contributed by atoms with Crippen LogP contribution in [-0.2, 0) is 14.3 Å². The second-order valence-electron chi connectivity index (χ2n) is 9.15. The summed E-state index contributed by atoms with van der Waals surface area (Å²) >= 11 is 0. The largest absolute Gasteiger partial charge is 0.444 e. The van der Waals surface area contributed by atoms with Crippen molar-refractivity contribution in [1.82, 2.24) is 15.1 Å². The predicted octanol–water partition coefficient (Wildman–Crippen LogP) is 2.15. The standard InChI is InChI=1S/C20H33N3O4/c1-20(2,3)27-19(26)23-12-9-15(13-23)14-7-10-22(11-8-14)18(25)16-5-4-6-17(24)21-16/h14-16H,4-13H2,1-3H3,(H,21,24)/t15-,16+/m0/s1. The zero-order valence-electron chi connectivity index (χ0n) is 16.8. The van der Waals surface area contributed by atoms with Gasteiger partial charge in [-0.3, -0.25) is 9.59 Å². The van der Waals surface area contributed by atoms with Crippen molar-refractivity contribution in [2.75, 3.05) is 26.2 Å². The number of nitrogens with zero attached hydrogens (tertiary/aromatic N) is 2. The summed E-state index contributed by atoms with van der Waals surface area (Å²) in [5.74, 6) is 1.09. The van der Waals surface area contributed by atoms with Crippen LogP contribution in [-0.4, -0.2) is 65.5 Å². The molecule has 3 saturated heterocycles. The van der Waals surface area contributed by atoms with Crippen LogP contribution in [0.25, 0.3) is 0 Å². The van der Waals surface area contributed by atoms with Gasteiger partial charge in [-0.25, -0.2) is 4.79 Å². The Labute approximate surface area is 161 Å². The highest BCUT2D eigenvalue weighted by Crippen LogP contribution is 2.32. The Bertz CT molecular complexity index is 578. The fourth-order valence-electron chi connectivity index (χ4n) is 4.47. The lowest BCUT2D eigenvalue weighted by molar-refractivity contribution is -0.139. The van der Waals surface area contributed by atoms with Gasteiger partial charge in [-0.2, -0.15) is 0 Å². The van der Waals surface area contributed by atoms with Gasteiger partial charge in [-0.15, -0.1) is 0 Å². The first kappa shape index (κ1) is 20.0. The topological polar surface area (TPSA) is 79.0 Å². The van der Waals surface area contributed by atoms with Gasteiger partial charge in [-0.05, 0) is 64.7 Å². The zero-order chi connectivity index (χ0) is 19.6. The monoisotopic (exact) mass is 379 g/mol. The fraction of sp³-hybridized carbons (Fsp3) is 0.850. The Morgan fingerprint density at radius 1 is 1.00 bits per heavy atom. The minimum atomic E-state index is -0.463. The summed E-state index contributed by atoms with van der Waals surface area (Å²) in [6, 6.07) is -0.336. The molecular formula is C20H33N3O4. The van der Waals surface area contributed by atoms with Crippen LogP contribution in [0.2, 0.25) is 0 Å². The molecule has 0 spiro atoms. The van der Waals surface area contributed by atoms with Crippen molar-refractivity contribution in [1.29, 1.82) is 0 Å². The van der Waals surface area contributed by atoms with E-state index in [2.05, 4.69) is 5.32 Å². The number of likely N-dealkylation sites (tertiary alicyclic amines) is 2. The van der Waals surface area contributed by atoms with Gasteiger partial charge in [0.15, 0.2) is 0 Å². The van der Waals surface area contributed by atoms with E-state index in [1.807, 2.05) is 30.6 Å². The average Bonchev–Trinajstić information content (AvgIpc) is 3.10. The molecule has 3 rings (SSSR count). The van der Waals surface area contributed by atoms with Crippen LogP contribution in [0.15, 0.2) is 0 Å². The SMILES string of the molecule is CC(C)(C)OC(=O)N1CC[C@H](C2CCN(C(=O)[C@H]3CCCC(=O)N3)CC2)C1. The Morgan fingerprint density at radius 2 is 1.63 bits per heavy atom. The molecule has 3 heterocycles. The molecule has 1 N–H and O–H groups in total. The highest BCUT2D eigenvalue weighted by atomic mass is 16.6. The molecular weight excluding hydrogens is 346 g/mol. The lowest BCUT2D eigenvalue weighted by Gasteiger charge is -2.37. The molecule has 3 amide bonds. The molecule has 0 radical (unpaired) electrons. The van der Waals surface area contributed by atoms with Crippen molar-refractivity contribution in [2.45, 2.75) is 70.9 Å². The van der Waals surface area contributed by atoms with E-state index < -0.39 is 5.60 Å². The van der Waals surface area contributed by atoms with Crippen molar-refractivity contribution in [3.8, 4) is 0 Å². The average molecular weight is 380 g/mol.